The first-order chi connectivity index (χ1) is 8.90. The molecular weight excluding hydrogens is 257 g/mol. The van der Waals surface area contributed by atoms with Gasteiger partial charge in [-0.1, -0.05) is 0 Å². The van der Waals surface area contributed by atoms with Crippen molar-refractivity contribution < 1.29 is 13.2 Å². The summed E-state index contributed by atoms with van der Waals surface area (Å²) in [6.07, 6.45) is -1.43. The minimum Gasteiger partial charge on any atom is -0.357 e. The Morgan fingerprint density at radius 3 is 2.42 bits per heavy atom. The zero-order valence-corrected chi connectivity index (χ0v) is 10.3. The average molecular weight is 268 g/mol. The van der Waals surface area contributed by atoms with Crippen molar-refractivity contribution in [3.8, 4) is 11.3 Å². The van der Waals surface area contributed by atoms with Crippen LogP contribution in [-0.2, 0) is 6.18 Å². The molecule has 0 saturated carbocycles. The predicted octanol–water partition coefficient (Wildman–Crippen LogP) is 2.91. The molecule has 4 nitrogen and oxygen atoms in total. The second-order valence-electron chi connectivity index (χ2n) is 3.96. The summed E-state index contributed by atoms with van der Waals surface area (Å²) in [4.78, 5) is 11.4. The summed E-state index contributed by atoms with van der Waals surface area (Å²) in [6.45, 7) is 1.81. The van der Waals surface area contributed by atoms with Gasteiger partial charge in [0.15, 0.2) is 5.69 Å². The van der Waals surface area contributed by atoms with E-state index in [4.69, 9.17) is 0 Å². The molecule has 0 aromatic carbocycles. The summed E-state index contributed by atoms with van der Waals surface area (Å²) in [7, 11) is 1.47. The lowest BCUT2D eigenvalue weighted by molar-refractivity contribution is -0.141. The van der Waals surface area contributed by atoms with E-state index in [2.05, 4.69) is 20.3 Å². The van der Waals surface area contributed by atoms with E-state index in [-0.39, 0.29) is 11.6 Å². The van der Waals surface area contributed by atoms with Crippen molar-refractivity contribution in [1.29, 1.82) is 0 Å². The number of aromatic nitrogens is 3. The highest BCUT2D eigenvalue weighted by Gasteiger charge is 2.33. The maximum absolute atomic E-state index is 12.7. The van der Waals surface area contributed by atoms with E-state index in [1.165, 1.54) is 13.2 Å². The number of nitrogens with zero attached hydrogens (tertiary/aromatic N) is 3. The van der Waals surface area contributed by atoms with Crippen molar-refractivity contribution in [3.63, 3.8) is 0 Å². The molecule has 19 heavy (non-hydrogen) atoms. The maximum atomic E-state index is 12.7. The molecule has 2 heterocycles. The van der Waals surface area contributed by atoms with Crippen LogP contribution < -0.4 is 5.32 Å². The van der Waals surface area contributed by atoms with E-state index in [9.17, 15) is 13.2 Å². The van der Waals surface area contributed by atoms with Gasteiger partial charge in [-0.25, -0.2) is 9.97 Å². The van der Waals surface area contributed by atoms with E-state index >= 15 is 0 Å². The van der Waals surface area contributed by atoms with Gasteiger partial charge >= 0.3 is 6.18 Å². The van der Waals surface area contributed by atoms with Gasteiger partial charge in [-0.2, -0.15) is 13.2 Å². The van der Waals surface area contributed by atoms with Crippen LogP contribution in [0.1, 0.15) is 11.3 Å². The Labute approximate surface area is 107 Å². The fourth-order valence-corrected chi connectivity index (χ4v) is 1.55. The second-order valence-corrected chi connectivity index (χ2v) is 3.96. The third-order valence-electron chi connectivity index (χ3n) is 2.41. The standard InChI is InChI=1S/C12H11F3N4/c1-7-3-8(6-17-5-7)9-4-10(12(13,14)15)19-11(16-2)18-9/h3-6H,1-2H3,(H,16,18,19). The number of nitrogens with one attached hydrogen (secondary N) is 1. The lowest BCUT2D eigenvalue weighted by Crippen LogP contribution is -2.11. The Morgan fingerprint density at radius 2 is 1.84 bits per heavy atom. The molecule has 0 aliphatic rings. The van der Waals surface area contributed by atoms with E-state index in [0.717, 1.165) is 11.6 Å². The minimum atomic E-state index is -4.51. The maximum Gasteiger partial charge on any atom is 0.433 e. The fourth-order valence-electron chi connectivity index (χ4n) is 1.55. The van der Waals surface area contributed by atoms with Crippen LogP contribution in [0.25, 0.3) is 11.3 Å². The molecule has 0 unspecified atom stereocenters. The number of pyridine rings is 1. The van der Waals surface area contributed by atoms with Crippen molar-refractivity contribution in [3.05, 3.63) is 35.8 Å². The fraction of sp³-hybridized carbons (Fsp3) is 0.250. The summed E-state index contributed by atoms with van der Waals surface area (Å²) < 4.78 is 38.2. The van der Waals surface area contributed by atoms with Gasteiger partial charge in [0, 0.05) is 25.0 Å². The number of hydrogen-bond donors (Lipinski definition) is 1. The van der Waals surface area contributed by atoms with Crippen molar-refractivity contribution in [1.82, 2.24) is 15.0 Å². The SMILES string of the molecule is CNc1nc(-c2cncc(C)c2)cc(C(F)(F)F)n1. The van der Waals surface area contributed by atoms with E-state index in [1.807, 2.05) is 0 Å². The van der Waals surface area contributed by atoms with E-state index in [0.29, 0.717) is 5.56 Å². The van der Waals surface area contributed by atoms with Crippen LogP contribution >= 0.6 is 0 Å². The number of hydrogen-bond acceptors (Lipinski definition) is 4. The average Bonchev–Trinajstić information content (AvgIpc) is 2.37. The Bertz CT molecular complexity index is 596. The van der Waals surface area contributed by atoms with Gasteiger partial charge in [0.25, 0.3) is 0 Å². The van der Waals surface area contributed by atoms with Crippen molar-refractivity contribution in [2.24, 2.45) is 0 Å². The van der Waals surface area contributed by atoms with Crippen LogP contribution in [0.5, 0.6) is 0 Å². The molecule has 7 heteroatoms. The van der Waals surface area contributed by atoms with Crippen LogP contribution in [-0.4, -0.2) is 22.0 Å². The highest BCUT2D eigenvalue weighted by atomic mass is 19.4. The summed E-state index contributed by atoms with van der Waals surface area (Å²) in [5.41, 5.74) is 0.561. The first kappa shape index (κ1) is 13.3. The number of halogens is 3. The Kier molecular flexibility index (Phi) is 3.37. The minimum absolute atomic E-state index is 0.0775. The molecule has 0 saturated heterocycles. The third kappa shape index (κ3) is 2.98. The predicted molar refractivity (Wildman–Crippen MR) is 64.5 cm³/mol. The van der Waals surface area contributed by atoms with Gasteiger partial charge in [-0.3, -0.25) is 4.98 Å². The number of rotatable bonds is 2. The quantitative estimate of drug-likeness (QED) is 0.909. The van der Waals surface area contributed by atoms with Gasteiger partial charge in [0.05, 0.1) is 5.69 Å². The summed E-state index contributed by atoms with van der Waals surface area (Å²) >= 11 is 0. The smallest absolute Gasteiger partial charge is 0.357 e. The number of aryl methyl sites for hydroxylation is 1. The van der Waals surface area contributed by atoms with Gasteiger partial charge in [0.2, 0.25) is 5.95 Å². The number of anilines is 1. The largest absolute Gasteiger partial charge is 0.433 e. The van der Waals surface area contributed by atoms with Gasteiger partial charge < -0.3 is 5.32 Å². The molecule has 0 bridgehead atoms. The lowest BCUT2D eigenvalue weighted by atomic mass is 10.1. The molecule has 0 aliphatic carbocycles. The summed E-state index contributed by atoms with van der Waals surface area (Å²) in [5.74, 6) is -0.0775. The Morgan fingerprint density at radius 1 is 1.11 bits per heavy atom. The molecule has 0 atom stereocenters. The van der Waals surface area contributed by atoms with Gasteiger partial charge in [0.1, 0.15) is 0 Å². The van der Waals surface area contributed by atoms with Gasteiger partial charge in [-0.15, -0.1) is 0 Å². The van der Waals surface area contributed by atoms with Crippen molar-refractivity contribution >= 4 is 5.95 Å². The zero-order valence-electron chi connectivity index (χ0n) is 10.3. The molecule has 2 rings (SSSR count). The highest BCUT2D eigenvalue weighted by molar-refractivity contribution is 5.60. The van der Waals surface area contributed by atoms with E-state index in [1.54, 1.807) is 19.2 Å². The zero-order chi connectivity index (χ0) is 14.0. The van der Waals surface area contributed by atoms with Crippen molar-refractivity contribution in [2.45, 2.75) is 13.1 Å². The summed E-state index contributed by atoms with van der Waals surface area (Å²) in [5, 5.41) is 2.52. The van der Waals surface area contributed by atoms with Crippen LogP contribution in [0.3, 0.4) is 0 Å². The Balaban J connectivity index is 2.57. The topological polar surface area (TPSA) is 50.7 Å². The van der Waals surface area contributed by atoms with Crippen LogP contribution in [0.2, 0.25) is 0 Å². The Hall–Kier alpha value is -2.18. The van der Waals surface area contributed by atoms with Crippen molar-refractivity contribution in [2.75, 3.05) is 12.4 Å². The molecular formula is C12H11F3N4. The normalized spacial score (nSPS) is 11.4. The molecule has 100 valence electrons. The molecule has 1 N–H and O–H groups in total. The second kappa shape index (κ2) is 4.83. The van der Waals surface area contributed by atoms with Crippen LogP contribution in [0.4, 0.5) is 19.1 Å². The first-order valence-electron chi connectivity index (χ1n) is 5.46. The molecule has 2 aromatic heterocycles. The summed E-state index contributed by atoms with van der Waals surface area (Å²) in [6, 6.07) is 2.63. The molecule has 0 spiro atoms. The van der Waals surface area contributed by atoms with Crippen LogP contribution in [0.15, 0.2) is 24.5 Å². The van der Waals surface area contributed by atoms with E-state index < -0.39 is 11.9 Å². The molecule has 0 amide bonds. The third-order valence-corrected chi connectivity index (χ3v) is 2.41. The van der Waals surface area contributed by atoms with Crippen LogP contribution in [0, 0.1) is 6.92 Å². The highest BCUT2D eigenvalue weighted by Crippen LogP contribution is 2.30. The van der Waals surface area contributed by atoms with Gasteiger partial charge in [-0.05, 0) is 24.6 Å². The molecule has 0 aliphatic heterocycles. The monoisotopic (exact) mass is 268 g/mol. The molecule has 0 radical (unpaired) electrons. The molecule has 0 fully saturated rings. The lowest BCUT2D eigenvalue weighted by Gasteiger charge is -2.10. The molecule has 2 aromatic rings. The first-order valence-corrected chi connectivity index (χ1v) is 5.46. The number of alkyl halides is 3.